The van der Waals surface area contributed by atoms with Gasteiger partial charge in [-0.1, -0.05) is 28.1 Å². The molecule has 3 aromatic rings. The molecular formula is C26H26BrN3O5S. The molecule has 0 heterocycles. The summed E-state index contributed by atoms with van der Waals surface area (Å²) in [4.78, 5) is 26.3. The van der Waals surface area contributed by atoms with Crippen LogP contribution in [0.15, 0.2) is 88.3 Å². The number of phenolic OH excluding ortho intramolecular Hbond substituents is 1. The van der Waals surface area contributed by atoms with E-state index in [1.165, 1.54) is 25.3 Å². The second-order valence-electron chi connectivity index (χ2n) is 7.52. The molecule has 8 nitrogen and oxygen atoms in total. The van der Waals surface area contributed by atoms with Crippen molar-refractivity contribution in [3.8, 4) is 5.75 Å². The highest BCUT2D eigenvalue weighted by Gasteiger charge is 2.28. The minimum Gasteiger partial charge on any atom is -0.508 e. The Balaban J connectivity index is 1.82. The maximum Gasteiger partial charge on any atom is 0.412 e. The summed E-state index contributed by atoms with van der Waals surface area (Å²) in [5, 5.41) is 15.9. The van der Waals surface area contributed by atoms with Gasteiger partial charge in [-0.3, -0.25) is 10.1 Å². The molecule has 188 valence electrons. The normalized spacial score (nSPS) is 12.6. The molecule has 0 fully saturated rings. The van der Waals surface area contributed by atoms with Crippen LogP contribution in [0.25, 0.3) is 0 Å². The molecule has 0 spiro atoms. The van der Waals surface area contributed by atoms with Crippen LogP contribution in [0.1, 0.15) is 11.7 Å². The molecule has 0 aliphatic carbocycles. The first-order valence-electron chi connectivity index (χ1n) is 10.8. The van der Waals surface area contributed by atoms with Crippen LogP contribution in [0.3, 0.4) is 0 Å². The molecular weight excluding hydrogens is 546 g/mol. The molecule has 10 heteroatoms. The number of thioether (sulfide) groups is 1. The fourth-order valence-electron chi connectivity index (χ4n) is 3.27. The van der Waals surface area contributed by atoms with Crippen molar-refractivity contribution < 1.29 is 24.2 Å². The fourth-order valence-corrected chi connectivity index (χ4v) is 4.06. The highest BCUT2D eigenvalue weighted by molar-refractivity contribution is 9.10. The van der Waals surface area contributed by atoms with Crippen LogP contribution in [0.5, 0.6) is 5.75 Å². The lowest BCUT2D eigenvalue weighted by atomic mass is 10.0. The number of hydrogen-bond donors (Lipinski definition) is 4. The molecule has 0 radical (unpaired) electrons. The first-order valence-corrected chi connectivity index (χ1v) is 12.8. The molecule has 3 aromatic carbocycles. The number of carbonyl (C=O) groups excluding carboxylic acids is 2. The molecule has 0 unspecified atom stereocenters. The summed E-state index contributed by atoms with van der Waals surface area (Å²) in [5.41, 5.74) is 7.60. The van der Waals surface area contributed by atoms with E-state index in [0.29, 0.717) is 27.1 Å². The number of nitrogens with one attached hydrogen (secondary N) is 2. The van der Waals surface area contributed by atoms with Gasteiger partial charge in [-0.15, -0.1) is 11.8 Å². The summed E-state index contributed by atoms with van der Waals surface area (Å²) in [5.74, 6) is -0.553. The minimum atomic E-state index is -1.08. The van der Waals surface area contributed by atoms with Crippen LogP contribution >= 0.6 is 27.7 Å². The van der Waals surface area contributed by atoms with Crippen LogP contribution in [-0.2, 0) is 14.3 Å². The molecule has 2 amide bonds. The maximum atomic E-state index is 12.8. The van der Waals surface area contributed by atoms with Crippen molar-refractivity contribution in [2.24, 2.45) is 0 Å². The molecule has 0 aromatic heterocycles. The topological polar surface area (TPSA) is 123 Å². The van der Waals surface area contributed by atoms with Gasteiger partial charge in [-0.05, 0) is 66.9 Å². The van der Waals surface area contributed by atoms with Crippen molar-refractivity contribution in [3.63, 3.8) is 0 Å². The lowest BCUT2D eigenvalue weighted by Crippen LogP contribution is -2.27. The van der Waals surface area contributed by atoms with Crippen LogP contribution in [0.2, 0.25) is 0 Å². The van der Waals surface area contributed by atoms with Gasteiger partial charge in [0.15, 0.2) is 6.10 Å². The van der Waals surface area contributed by atoms with Gasteiger partial charge in [-0.25, -0.2) is 4.79 Å². The molecule has 2 atom stereocenters. The molecule has 0 aliphatic rings. The molecule has 0 aliphatic heterocycles. The van der Waals surface area contributed by atoms with E-state index < -0.39 is 24.2 Å². The summed E-state index contributed by atoms with van der Waals surface area (Å²) in [6.45, 7) is 0. The highest BCUT2D eigenvalue weighted by atomic mass is 79.9. The SMILES string of the molecule is CO[C@H](/C=C/C(=O)Nc1ccccc1N)[C@H](OC(=O)Nc1ccc(SC)cc1)c1cc(Br)ccc1O. The third kappa shape index (κ3) is 7.51. The molecule has 0 bridgehead atoms. The molecule has 5 N–H and O–H groups in total. The number of halogens is 1. The first kappa shape index (κ1) is 27.1. The van der Waals surface area contributed by atoms with Crippen molar-refractivity contribution in [2.45, 2.75) is 17.1 Å². The zero-order chi connectivity index (χ0) is 26.1. The molecule has 0 saturated heterocycles. The number of methoxy groups -OCH3 is 1. The molecule has 36 heavy (non-hydrogen) atoms. The Hall–Kier alpha value is -3.47. The lowest BCUT2D eigenvalue weighted by molar-refractivity contribution is -0.112. The van der Waals surface area contributed by atoms with E-state index in [9.17, 15) is 14.7 Å². The average molecular weight is 572 g/mol. The number of nitrogen functional groups attached to an aromatic ring is 1. The maximum absolute atomic E-state index is 12.8. The number of anilines is 3. The van der Waals surface area contributed by atoms with Gasteiger partial charge >= 0.3 is 6.09 Å². The Morgan fingerprint density at radius 2 is 1.81 bits per heavy atom. The standard InChI is InChI=1S/C26H26BrN3O5S/c1-34-23(13-14-24(32)30-21-6-4-3-5-20(21)28)25(19-15-16(27)7-12-22(19)31)35-26(33)29-17-8-10-18(36-2)11-9-17/h3-15,23,25,31H,28H2,1-2H3,(H,29,33)(H,30,32)/b14-13+/t23-,25-/m1/s1. The van der Waals surface area contributed by atoms with Crippen molar-refractivity contribution >= 4 is 56.8 Å². The Morgan fingerprint density at radius 1 is 1.08 bits per heavy atom. The smallest absolute Gasteiger partial charge is 0.412 e. The van der Waals surface area contributed by atoms with E-state index in [2.05, 4.69) is 26.6 Å². The van der Waals surface area contributed by atoms with Crippen LogP contribution in [0, 0.1) is 0 Å². The van der Waals surface area contributed by atoms with Crippen molar-refractivity contribution in [3.05, 3.63) is 88.9 Å². The Labute approximate surface area is 222 Å². The van der Waals surface area contributed by atoms with Gasteiger partial charge in [0, 0.05) is 33.8 Å². The lowest BCUT2D eigenvalue weighted by Gasteiger charge is -2.25. The van der Waals surface area contributed by atoms with Crippen molar-refractivity contribution in [1.29, 1.82) is 0 Å². The predicted octanol–water partition coefficient (Wildman–Crippen LogP) is 5.96. The van der Waals surface area contributed by atoms with E-state index >= 15 is 0 Å². The van der Waals surface area contributed by atoms with E-state index in [4.69, 9.17) is 15.2 Å². The summed E-state index contributed by atoms with van der Waals surface area (Å²) in [7, 11) is 1.41. The second kappa shape index (κ2) is 13.0. The number of benzene rings is 3. The van der Waals surface area contributed by atoms with Crippen molar-refractivity contribution in [1.82, 2.24) is 0 Å². The highest BCUT2D eigenvalue weighted by Crippen LogP contribution is 2.34. The van der Waals surface area contributed by atoms with Gasteiger partial charge in [-0.2, -0.15) is 0 Å². The summed E-state index contributed by atoms with van der Waals surface area (Å²) < 4.78 is 11.9. The second-order valence-corrected chi connectivity index (χ2v) is 9.31. The van der Waals surface area contributed by atoms with Crippen LogP contribution < -0.4 is 16.4 Å². The zero-order valence-corrected chi connectivity index (χ0v) is 22.0. The summed E-state index contributed by atoms with van der Waals surface area (Å²) in [6, 6.07) is 18.9. The number of carbonyl (C=O) groups is 2. The van der Waals surface area contributed by atoms with E-state index in [-0.39, 0.29) is 5.75 Å². The van der Waals surface area contributed by atoms with Crippen LogP contribution in [-0.4, -0.2) is 36.6 Å². The fraction of sp³-hybridized carbons (Fsp3) is 0.154. The summed E-state index contributed by atoms with van der Waals surface area (Å²) >= 11 is 4.95. The number of rotatable bonds is 9. The minimum absolute atomic E-state index is 0.0997. The third-order valence-corrected chi connectivity index (χ3v) is 6.33. The number of ether oxygens (including phenoxy) is 2. The molecule has 3 rings (SSSR count). The van der Waals surface area contributed by atoms with Gasteiger partial charge in [0.1, 0.15) is 11.9 Å². The first-order chi connectivity index (χ1) is 17.3. The number of phenols is 1. The number of nitrogens with two attached hydrogens (primary N) is 1. The van der Waals surface area contributed by atoms with Crippen LogP contribution in [0.4, 0.5) is 21.9 Å². The van der Waals surface area contributed by atoms with Gasteiger partial charge < -0.3 is 25.6 Å². The Morgan fingerprint density at radius 3 is 2.47 bits per heavy atom. The van der Waals surface area contributed by atoms with Crippen molar-refractivity contribution in [2.75, 3.05) is 29.7 Å². The molecule has 0 saturated carbocycles. The quantitative estimate of drug-likeness (QED) is 0.142. The monoisotopic (exact) mass is 571 g/mol. The summed E-state index contributed by atoms with van der Waals surface area (Å²) in [6.07, 6.45) is 1.91. The zero-order valence-electron chi connectivity index (χ0n) is 19.6. The number of para-hydroxylation sites is 2. The average Bonchev–Trinajstić information content (AvgIpc) is 2.87. The van der Waals surface area contributed by atoms with Gasteiger partial charge in [0.05, 0.1) is 11.4 Å². The number of amides is 2. The Kier molecular flexibility index (Phi) is 9.80. The van der Waals surface area contributed by atoms with Gasteiger partial charge in [0.2, 0.25) is 5.91 Å². The number of aromatic hydroxyl groups is 1. The Bertz CT molecular complexity index is 1240. The van der Waals surface area contributed by atoms with Gasteiger partial charge in [0.25, 0.3) is 0 Å². The third-order valence-electron chi connectivity index (χ3n) is 5.09. The number of hydrogen-bond acceptors (Lipinski definition) is 7. The van der Waals surface area contributed by atoms with E-state index in [1.807, 2.05) is 18.4 Å². The predicted molar refractivity (Wildman–Crippen MR) is 146 cm³/mol. The largest absolute Gasteiger partial charge is 0.508 e. The van der Waals surface area contributed by atoms with E-state index in [0.717, 1.165) is 4.90 Å². The van der Waals surface area contributed by atoms with E-state index in [1.54, 1.807) is 60.3 Å².